The molecule has 2 rings (SSSR count). The number of hydrogen-bond acceptors (Lipinski definition) is 3. The summed E-state index contributed by atoms with van der Waals surface area (Å²) in [5, 5.41) is 3.24. The molecule has 0 aromatic rings. The Hall–Kier alpha value is -0.900. The fourth-order valence-electron chi connectivity index (χ4n) is 2.99. The predicted octanol–water partition coefficient (Wildman–Crippen LogP) is 0.670. The molecule has 2 atom stereocenters. The maximum absolute atomic E-state index is 12.2. The molecule has 1 spiro atoms. The second kappa shape index (κ2) is 4.41. The monoisotopic (exact) mass is 238 g/mol. The molecule has 1 N–H and O–H groups in total. The molecule has 17 heavy (non-hydrogen) atoms. The lowest BCUT2D eigenvalue weighted by atomic mass is 9.71. The van der Waals surface area contributed by atoms with Crippen LogP contribution in [0.25, 0.3) is 0 Å². The maximum Gasteiger partial charge on any atom is 0.225 e. The largest absolute Gasteiger partial charge is 0.341 e. The minimum Gasteiger partial charge on any atom is -0.341 e. The van der Waals surface area contributed by atoms with Gasteiger partial charge < -0.3 is 10.2 Å². The fraction of sp³-hybridized carbons (Fsp3) is 0.846. The van der Waals surface area contributed by atoms with Crippen molar-refractivity contribution >= 4 is 11.7 Å². The first-order chi connectivity index (χ1) is 8.00. The summed E-state index contributed by atoms with van der Waals surface area (Å²) in [4.78, 5) is 25.8. The number of carbonyl (C=O) groups is 2. The van der Waals surface area contributed by atoms with Crippen LogP contribution >= 0.6 is 0 Å². The Morgan fingerprint density at radius 1 is 1.47 bits per heavy atom. The third kappa shape index (κ3) is 1.99. The Morgan fingerprint density at radius 2 is 2.12 bits per heavy atom. The van der Waals surface area contributed by atoms with Gasteiger partial charge in [0.1, 0.15) is 5.78 Å². The van der Waals surface area contributed by atoms with Crippen LogP contribution in [-0.4, -0.2) is 42.8 Å². The molecule has 4 nitrogen and oxygen atoms in total. The van der Waals surface area contributed by atoms with E-state index in [9.17, 15) is 9.59 Å². The molecule has 1 amide bonds. The van der Waals surface area contributed by atoms with E-state index in [1.54, 1.807) is 6.92 Å². The molecule has 0 radical (unpaired) electrons. The van der Waals surface area contributed by atoms with Crippen molar-refractivity contribution in [2.45, 2.75) is 27.2 Å². The van der Waals surface area contributed by atoms with Crippen molar-refractivity contribution in [3.63, 3.8) is 0 Å². The van der Waals surface area contributed by atoms with Crippen LogP contribution in [-0.2, 0) is 9.59 Å². The van der Waals surface area contributed by atoms with Crippen molar-refractivity contribution in [1.82, 2.24) is 10.2 Å². The van der Waals surface area contributed by atoms with Gasteiger partial charge in [0, 0.05) is 43.4 Å². The van der Waals surface area contributed by atoms with Crippen molar-refractivity contribution in [2.75, 3.05) is 26.2 Å². The van der Waals surface area contributed by atoms with Crippen molar-refractivity contribution in [3.05, 3.63) is 0 Å². The molecule has 96 valence electrons. The van der Waals surface area contributed by atoms with Crippen molar-refractivity contribution < 1.29 is 9.59 Å². The number of Topliss-reactive ketones (excluding diaryl/α,β-unsaturated/α-hetero) is 1. The highest BCUT2D eigenvalue weighted by atomic mass is 16.2. The van der Waals surface area contributed by atoms with Crippen LogP contribution in [0.15, 0.2) is 0 Å². The molecule has 2 heterocycles. The Bertz CT molecular complexity index is 336. The van der Waals surface area contributed by atoms with Crippen molar-refractivity contribution in [1.29, 1.82) is 0 Å². The van der Waals surface area contributed by atoms with Crippen LogP contribution < -0.4 is 5.32 Å². The number of likely N-dealkylation sites (tertiary alicyclic amines) is 1. The number of carbonyl (C=O) groups excluding carboxylic acids is 2. The first kappa shape index (κ1) is 12.6. The van der Waals surface area contributed by atoms with E-state index >= 15 is 0 Å². The Kier molecular flexibility index (Phi) is 3.25. The lowest BCUT2D eigenvalue weighted by molar-refractivity contribution is -0.134. The maximum atomic E-state index is 12.2. The predicted molar refractivity (Wildman–Crippen MR) is 65.5 cm³/mol. The third-order valence-electron chi connectivity index (χ3n) is 4.44. The highest BCUT2D eigenvalue weighted by Gasteiger charge is 2.53. The van der Waals surface area contributed by atoms with E-state index in [4.69, 9.17) is 0 Å². The van der Waals surface area contributed by atoms with E-state index in [1.165, 1.54) is 0 Å². The summed E-state index contributed by atoms with van der Waals surface area (Å²) in [6.45, 7) is 8.79. The summed E-state index contributed by atoms with van der Waals surface area (Å²) in [6, 6.07) is 0. The fourth-order valence-corrected chi connectivity index (χ4v) is 2.99. The summed E-state index contributed by atoms with van der Waals surface area (Å²) in [5.74, 6) is 0.552. The van der Waals surface area contributed by atoms with Crippen LogP contribution in [0.5, 0.6) is 0 Å². The molecule has 0 aromatic heterocycles. The average molecular weight is 238 g/mol. The zero-order valence-corrected chi connectivity index (χ0v) is 11.0. The molecular weight excluding hydrogens is 216 g/mol. The molecule has 2 aliphatic heterocycles. The molecular formula is C13H22N2O2. The Labute approximate surface area is 103 Å². The molecule has 2 aliphatic rings. The van der Waals surface area contributed by atoms with Crippen LogP contribution in [0.2, 0.25) is 0 Å². The van der Waals surface area contributed by atoms with Gasteiger partial charge in [-0.1, -0.05) is 13.8 Å². The quantitative estimate of drug-likeness (QED) is 0.786. The number of amides is 1. The molecule has 4 heteroatoms. The zero-order valence-electron chi connectivity index (χ0n) is 11.0. The highest BCUT2D eigenvalue weighted by molar-refractivity contribution is 5.84. The lowest BCUT2D eigenvalue weighted by Crippen LogP contribution is -2.59. The summed E-state index contributed by atoms with van der Waals surface area (Å²) in [5.41, 5.74) is 0.0367. The van der Waals surface area contributed by atoms with Gasteiger partial charge in [0.15, 0.2) is 0 Å². The SMILES string of the molecule is CCC(C)C(=O)N1CC(C(C)=O)C2(CNC2)C1. The Morgan fingerprint density at radius 3 is 2.47 bits per heavy atom. The van der Waals surface area contributed by atoms with Gasteiger partial charge in [0.05, 0.1) is 0 Å². The molecule has 0 bridgehead atoms. The minimum atomic E-state index is 0.0367. The molecule has 2 saturated heterocycles. The van der Waals surface area contributed by atoms with Gasteiger partial charge in [-0.3, -0.25) is 9.59 Å². The number of ketones is 1. The van der Waals surface area contributed by atoms with Gasteiger partial charge in [0.25, 0.3) is 0 Å². The van der Waals surface area contributed by atoms with E-state index in [0.29, 0.717) is 6.54 Å². The second-order valence-electron chi connectivity index (χ2n) is 5.66. The standard InChI is InChI=1S/C13H22N2O2/c1-4-9(2)12(17)15-5-11(10(3)16)13(8-15)6-14-7-13/h9,11,14H,4-8H2,1-3H3. The molecule has 2 fully saturated rings. The van der Waals surface area contributed by atoms with Crippen LogP contribution in [0, 0.1) is 17.3 Å². The van der Waals surface area contributed by atoms with Crippen molar-refractivity contribution in [3.8, 4) is 0 Å². The summed E-state index contributed by atoms with van der Waals surface area (Å²) < 4.78 is 0. The first-order valence-electron chi connectivity index (χ1n) is 6.50. The number of rotatable bonds is 3. The van der Waals surface area contributed by atoms with E-state index in [1.807, 2.05) is 18.7 Å². The van der Waals surface area contributed by atoms with Gasteiger partial charge >= 0.3 is 0 Å². The summed E-state index contributed by atoms with van der Waals surface area (Å²) in [7, 11) is 0. The van der Waals surface area contributed by atoms with Gasteiger partial charge in [0.2, 0.25) is 5.91 Å². The molecule has 0 aromatic carbocycles. The topological polar surface area (TPSA) is 49.4 Å². The summed E-state index contributed by atoms with van der Waals surface area (Å²) in [6.07, 6.45) is 0.866. The van der Waals surface area contributed by atoms with Crippen LogP contribution in [0.3, 0.4) is 0 Å². The molecule has 0 aliphatic carbocycles. The van der Waals surface area contributed by atoms with E-state index < -0.39 is 0 Å². The van der Waals surface area contributed by atoms with E-state index in [0.717, 1.165) is 26.1 Å². The average Bonchev–Trinajstić information content (AvgIpc) is 2.67. The van der Waals surface area contributed by atoms with Gasteiger partial charge in [-0.2, -0.15) is 0 Å². The molecule has 2 unspecified atom stereocenters. The summed E-state index contributed by atoms with van der Waals surface area (Å²) >= 11 is 0. The number of hydrogen-bond donors (Lipinski definition) is 1. The number of nitrogens with zero attached hydrogens (tertiary/aromatic N) is 1. The lowest BCUT2D eigenvalue weighted by Gasteiger charge is -2.42. The molecule has 0 saturated carbocycles. The normalized spacial score (nSPS) is 27.9. The van der Waals surface area contributed by atoms with Gasteiger partial charge in [-0.25, -0.2) is 0 Å². The smallest absolute Gasteiger partial charge is 0.225 e. The highest BCUT2D eigenvalue weighted by Crippen LogP contribution is 2.40. The third-order valence-corrected chi connectivity index (χ3v) is 4.44. The second-order valence-corrected chi connectivity index (χ2v) is 5.66. The first-order valence-corrected chi connectivity index (χ1v) is 6.50. The van der Waals surface area contributed by atoms with E-state index in [-0.39, 0.29) is 28.9 Å². The van der Waals surface area contributed by atoms with Crippen LogP contribution in [0.4, 0.5) is 0 Å². The minimum absolute atomic E-state index is 0.0367. The van der Waals surface area contributed by atoms with Crippen molar-refractivity contribution in [2.24, 2.45) is 17.3 Å². The van der Waals surface area contributed by atoms with E-state index in [2.05, 4.69) is 5.32 Å². The van der Waals surface area contributed by atoms with Crippen LogP contribution in [0.1, 0.15) is 27.2 Å². The zero-order chi connectivity index (χ0) is 12.6. The van der Waals surface area contributed by atoms with Gasteiger partial charge in [-0.05, 0) is 13.3 Å². The number of nitrogens with one attached hydrogen (secondary N) is 1. The Balaban J connectivity index is 2.10. The van der Waals surface area contributed by atoms with Gasteiger partial charge in [-0.15, -0.1) is 0 Å².